The van der Waals surface area contributed by atoms with E-state index < -0.39 is 0 Å². The Morgan fingerprint density at radius 2 is 1.94 bits per heavy atom. The molecule has 1 aromatic rings. The molecule has 3 N–H and O–H groups in total. The molecule has 1 aromatic heterocycles. The van der Waals surface area contributed by atoms with Crippen LogP contribution in [0.2, 0.25) is 0 Å². The molecule has 1 aliphatic carbocycles. The van der Waals surface area contributed by atoms with Crippen LogP contribution in [-0.2, 0) is 0 Å². The van der Waals surface area contributed by atoms with Crippen molar-refractivity contribution in [3.63, 3.8) is 0 Å². The van der Waals surface area contributed by atoms with Crippen molar-refractivity contribution in [2.24, 2.45) is 5.73 Å². The molecule has 1 unspecified atom stereocenters. The minimum absolute atomic E-state index is 0.122. The fraction of sp³-hybridized carbons (Fsp3) is 0.692. The lowest BCUT2D eigenvalue weighted by atomic mass is 9.85. The summed E-state index contributed by atoms with van der Waals surface area (Å²) < 4.78 is 0. The van der Waals surface area contributed by atoms with Crippen LogP contribution in [0.25, 0.3) is 0 Å². The van der Waals surface area contributed by atoms with E-state index in [1.807, 2.05) is 19.3 Å². The van der Waals surface area contributed by atoms with E-state index in [1.165, 1.54) is 37.7 Å². The first-order valence-electron chi connectivity index (χ1n) is 6.57. The minimum Gasteiger partial charge on any atom is -0.353 e. The van der Waals surface area contributed by atoms with Crippen molar-refractivity contribution in [3.05, 3.63) is 18.0 Å². The van der Waals surface area contributed by atoms with Crippen molar-refractivity contribution >= 4 is 5.95 Å². The molecule has 0 aliphatic heterocycles. The zero-order chi connectivity index (χ0) is 12.1. The highest BCUT2D eigenvalue weighted by Gasteiger charge is 2.15. The number of aromatic nitrogens is 2. The van der Waals surface area contributed by atoms with E-state index in [2.05, 4.69) is 15.3 Å². The third-order valence-corrected chi connectivity index (χ3v) is 3.33. The number of hydrogen-bond donors (Lipinski definition) is 2. The monoisotopic (exact) mass is 234 g/mol. The van der Waals surface area contributed by atoms with E-state index in [0.717, 1.165) is 0 Å². The van der Waals surface area contributed by atoms with E-state index in [4.69, 9.17) is 5.73 Å². The minimum atomic E-state index is 0.122. The summed E-state index contributed by atoms with van der Waals surface area (Å²) in [5.74, 6) is 1.35. The van der Waals surface area contributed by atoms with Crippen LogP contribution in [0.1, 0.15) is 50.5 Å². The molecule has 1 saturated carbocycles. The van der Waals surface area contributed by atoms with Gasteiger partial charge in [-0.3, -0.25) is 0 Å². The molecule has 17 heavy (non-hydrogen) atoms. The lowest BCUT2D eigenvalue weighted by Gasteiger charge is -2.21. The highest BCUT2D eigenvalue weighted by molar-refractivity contribution is 5.26. The van der Waals surface area contributed by atoms with Crippen molar-refractivity contribution in [2.45, 2.75) is 51.0 Å². The van der Waals surface area contributed by atoms with E-state index in [0.29, 0.717) is 18.4 Å². The van der Waals surface area contributed by atoms with Gasteiger partial charge in [-0.15, -0.1) is 0 Å². The van der Waals surface area contributed by atoms with E-state index in [-0.39, 0.29) is 6.04 Å². The average Bonchev–Trinajstić information content (AvgIpc) is 2.38. The molecule has 0 aromatic carbocycles. The van der Waals surface area contributed by atoms with E-state index >= 15 is 0 Å². The average molecular weight is 234 g/mol. The molecule has 4 heteroatoms. The summed E-state index contributed by atoms with van der Waals surface area (Å²) in [5, 5.41) is 3.13. The number of nitrogens with two attached hydrogens (primary N) is 1. The fourth-order valence-electron chi connectivity index (χ4n) is 2.33. The Labute approximate surface area is 103 Å². The number of anilines is 1. The highest BCUT2D eigenvalue weighted by atomic mass is 15.1. The largest absolute Gasteiger partial charge is 0.353 e. The molecule has 0 spiro atoms. The first kappa shape index (κ1) is 12.3. The summed E-state index contributed by atoms with van der Waals surface area (Å²) >= 11 is 0. The Morgan fingerprint density at radius 3 is 2.53 bits per heavy atom. The van der Waals surface area contributed by atoms with Crippen LogP contribution in [0.4, 0.5) is 5.95 Å². The van der Waals surface area contributed by atoms with Crippen LogP contribution in [0.3, 0.4) is 0 Å². The molecule has 0 saturated heterocycles. The van der Waals surface area contributed by atoms with E-state index in [9.17, 15) is 0 Å². The molecular formula is C13H22N4. The van der Waals surface area contributed by atoms with Gasteiger partial charge in [-0.2, -0.15) is 0 Å². The second kappa shape index (κ2) is 5.96. The van der Waals surface area contributed by atoms with Gasteiger partial charge in [0, 0.05) is 25.0 Å². The van der Waals surface area contributed by atoms with Gasteiger partial charge < -0.3 is 11.1 Å². The van der Waals surface area contributed by atoms with Crippen LogP contribution in [-0.4, -0.2) is 22.6 Å². The molecule has 1 aliphatic rings. The standard InChI is InChI=1S/C13H22N4/c1-10(14)7-15-13-16-8-12(9-17-13)11-5-3-2-4-6-11/h8-11H,2-7,14H2,1H3,(H,15,16,17). The number of nitrogens with zero attached hydrogens (tertiary/aromatic N) is 2. The number of hydrogen-bond acceptors (Lipinski definition) is 4. The molecule has 2 rings (SSSR count). The fourth-order valence-corrected chi connectivity index (χ4v) is 2.33. The smallest absolute Gasteiger partial charge is 0.222 e. The topological polar surface area (TPSA) is 63.8 Å². The number of nitrogens with one attached hydrogen (secondary N) is 1. The van der Waals surface area contributed by atoms with Crippen LogP contribution >= 0.6 is 0 Å². The summed E-state index contributed by atoms with van der Waals surface area (Å²) in [6.45, 7) is 2.67. The molecule has 0 radical (unpaired) electrons. The molecule has 4 nitrogen and oxygen atoms in total. The summed E-state index contributed by atoms with van der Waals surface area (Å²) in [5.41, 5.74) is 6.96. The zero-order valence-corrected chi connectivity index (χ0v) is 10.5. The van der Waals surface area contributed by atoms with Crippen molar-refractivity contribution in [2.75, 3.05) is 11.9 Å². The Kier molecular flexibility index (Phi) is 4.31. The molecule has 0 amide bonds. The maximum atomic E-state index is 5.67. The maximum Gasteiger partial charge on any atom is 0.222 e. The van der Waals surface area contributed by atoms with Gasteiger partial charge >= 0.3 is 0 Å². The predicted molar refractivity (Wildman–Crippen MR) is 70.0 cm³/mol. The SMILES string of the molecule is CC(N)CNc1ncc(C2CCCCC2)cn1. The molecule has 94 valence electrons. The quantitative estimate of drug-likeness (QED) is 0.839. The van der Waals surface area contributed by atoms with Gasteiger partial charge in [0.2, 0.25) is 5.95 Å². The summed E-state index contributed by atoms with van der Waals surface area (Å²) in [4.78, 5) is 8.70. The van der Waals surface area contributed by atoms with Crippen LogP contribution in [0.15, 0.2) is 12.4 Å². The van der Waals surface area contributed by atoms with Gasteiger partial charge in [0.05, 0.1) is 0 Å². The Hall–Kier alpha value is -1.16. The molecule has 1 fully saturated rings. The summed E-state index contributed by atoms with van der Waals surface area (Å²) in [7, 11) is 0. The van der Waals surface area contributed by atoms with Gasteiger partial charge in [-0.25, -0.2) is 9.97 Å². The Bertz CT molecular complexity index is 328. The van der Waals surface area contributed by atoms with Gasteiger partial charge in [0.1, 0.15) is 0 Å². The van der Waals surface area contributed by atoms with Crippen molar-refractivity contribution in [1.29, 1.82) is 0 Å². The van der Waals surface area contributed by atoms with Crippen LogP contribution in [0, 0.1) is 0 Å². The molecule has 1 atom stereocenters. The van der Waals surface area contributed by atoms with Crippen LogP contribution in [0.5, 0.6) is 0 Å². The molecule has 0 bridgehead atoms. The van der Waals surface area contributed by atoms with Gasteiger partial charge in [0.15, 0.2) is 0 Å². The zero-order valence-electron chi connectivity index (χ0n) is 10.5. The second-order valence-corrected chi connectivity index (χ2v) is 5.03. The third-order valence-electron chi connectivity index (χ3n) is 3.33. The maximum absolute atomic E-state index is 5.67. The lowest BCUT2D eigenvalue weighted by Crippen LogP contribution is -2.25. The van der Waals surface area contributed by atoms with E-state index in [1.54, 1.807) is 0 Å². The molecule has 1 heterocycles. The first-order valence-corrected chi connectivity index (χ1v) is 6.57. The van der Waals surface area contributed by atoms with Crippen molar-refractivity contribution in [1.82, 2.24) is 9.97 Å². The number of rotatable bonds is 4. The van der Waals surface area contributed by atoms with Crippen molar-refractivity contribution in [3.8, 4) is 0 Å². The third kappa shape index (κ3) is 3.66. The van der Waals surface area contributed by atoms with Gasteiger partial charge in [0.25, 0.3) is 0 Å². The van der Waals surface area contributed by atoms with Crippen molar-refractivity contribution < 1.29 is 0 Å². The summed E-state index contributed by atoms with van der Waals surface area (Å²) in [6, 6.07) is 0.122. The summed E-state index contributed by atoms with van der Waals surface area (Å²) in [6.07, 6.45) is 10.6. The van der Waals surface area contributed by atoms with Gasteiger partial charge in [-0.05, 0) is 31.2 Å². The molecular weight excluding hydrogens is 212 g/mol. The highest BCUT2D eigenvalue weighted by Crippen LogP contribution is 2.31. The Balaban J connectivity index is 1.92. The second-order valence-electron chi connectivity index (χ2n) is 5.03. The van der Waals surface area contributed by atoms with Gasteiger partial charge in [-0.1, -0.05) is 19.3 Å². The first-order chi connectivity index (χ1) is 8.25. The predicted octanol–water partition coefficient (Wildman–Crippen LogP) is 2.28. The lowest BCUT2D eigenvalue weighted by molar-refractivity contribution is 0.442. The van der Waals surface area contributed by atoms with Crippen LogP contribution < -0.4 is 11.1 Å². The Morgan fingerprint density at radius 1 is 1.29 bits per heavy atom. The normalized spacial score (nSPS) is 18.9.